The van der Waals surface area contributed by atoms with Gasteiger partial charge in [0.25, 0.3) is 0 Å². The summed E-state index contributed by atoms with van der Waals surface area (Å²) in [4.78, 5) is 24.7. The van der Waals surface area contributed by atoms with Gasteiger partial charge in [-0.15, -0.1) is 0 Å². The predicted molar refractivity (Wildman–Crippen MR) is 63.0 cm³/mol. The number of ether oxygens (including phenoxy) is 1. The minimum Gasteiger partial charge on any atom is -0.463 e. The smallest absolute Gasteiger partial charge is 0.337 e. The second-order valence-corrected chi connectivity index (χ2v) is 4.57. The van der Waals surface area contributed by atoms with Crippen LogP contribution in [0.3, 0.4) is 0 Å². The molecule has 2 heterocycles. The average molecular weight is 255 g/mol. The number of nitrogens with zero attached hydrogens (tertiary/aromatic N) is 1. The van der Waals surface area contributed by atoms with Gasteiger partial charge in [0.05, 0.1) is 28.7 Å². The first-order chi connectivity index (χ1) is 8.06. The Hall–Kier alpha value is -1.63. The minimum absolute atomic E-state index is 0.160. The molecule has 1 fully saturated rings. The summed E-state index contributed by atoms with van der Waals surface area (Å²) in [6.45, 7) is 2.01. The van der Waals surface area contributed by atoms with Crippen molar-refractivity contribution in [1.29, 1.82) is 0 Å². The Kier molecular flexibility index (Phi) is 3.01. The summed E-state index contributed by atoms with van der Waals surface area (Å²) in [5.74, 6) is -0.105. The summed E-state index contributed by atoms with van der Waals surface area (Å²) in [7, 11) is 0. The molecule has 0 bridgehead atoms. The summed E-state index contributed by atoms with van der Waals surface area (Å²) >= 11 is 1.29. The molecule has 0 saturated carbocycles. The maximum absolute atomic E-state index is 11.7. The van der Waals surface area contributed by atoms with E-state index in [4.69, 9.17) is 16.2 Å². The van der Waals surface area contributed by atoms with Gasteiger partial charge in [0, 0.05) is 6.42 Å². The first kappa shape index (κ1) is 11.8. The molecule has 0 spiro atoms. The fraction of sp³-hybridized carbons (Fsp3) is 0.400. The highest BCUT2D eigenvalue weighted by Crippen LogP contribution is 2.39. The fourth-order valence-corrected chi connectivity index (χ4v) is 2.76. The Bertz CT molecular complexity index is 456. The van der Waals surface area contributed by atoms with Crippen molar-refractivity contribution in [1.82, 2.24) is 4.90 Å². The molecule has 7 heteroatoms. The highest BCUT2D eigenvalue weighted by Gasteiger charge is 2.37. The average Bonchev–Trinajstić information content (AvgIpc) is 2.66. The zero-order valence-electron chi connectivity index (χ0n) is 9.36. The third-order valence-corrected chi connectivity index (χ3v) is 3.60. The third-order valence-electron chi connectivity index (χ3n) is 2.50. The van der Waals surface area contributed by atoms with E-state index in [1.54, 1.807) is 6.92 Å². The van der Waals surface area contributed by atoms with Crippen LogP contribution in [-0.4, -0.2) is 29.1 Å². The number of thioether (sulfide) groups is 1. The number of carbonyl (C=O) groups is 2. The predicted octanol–water partition coefficient (Wildman–Crippen LogP) is -0.173. The first-order valence-corrected chi connectivity index (χ1v) is 6.15. The van der Waals surface area contributed by atoms with Crippen LogP contribution in [0.5, 0.6) is 0 Å². The van der Waals surface area contributed by atoms with Crippen LogP contribution in [0.4, 0.5) is 0 Å². The lowest BCUT2D eigenvalue weighted by atomic mass is 10.1. The van der Waals surface area contributed by atoms with Crippen molar-refractivity contribution < 1.29 is 14.3 Å². The summed E-state index contributed by atoms with van der Waals surface area (Å²) < 4.78 is 4.94. The van der Waals surface area contributed by atoms with Crippen LogP contribution in [0.25, 0.3) is 0 Å². The number of allylic oxidation sites excluding steroid dienone is 1. The number of rotatable bonds is 2. The van der Waals surface area contributed by atoms with E-state index in [1.165, 1.54) is 16.7 Å². The zero-order valence-corrected chi connectivity index (χ0v) is 10.2. The van der Waals surface area contributed by atoms with E-state index < -0.39 is 5.97 Å². The molecular formula is C10H13N3O3S. The van der Waals surface area contributed by atoms with Crippen LogP contribution in [0, 0.1) is 0 Å². The molecule has 6 nitrogen and oxygen atoms in total. The molecule has 2 rings (SSSR count). The van der Waals surface area contributed by atoms with E-state index in [1.807, 2.05) is 0 Å². The summed E-state index contributed by atoms with van der Waals surface area (Å²) in [6, 6.07) is 0. The van der Waals surface area contributed by atoms with Crippen molar-refractivity contribution in [2.45, 2.75) is 13.3 Å². The van der Waals surface area contributed by atoms with Crippen LogP contribution in [0.15, 0.2) is 22.1 Å². The summed E-state index contributed by atoms with van der Waals surface area (Å²) in [6.07, 6.45) is 0.233. The van der Waals surface area contributed by atoms with Crippen molar-refractivity contribution in [3.8, 4) is 0 Å². The van der Waals surface area contributed by atoms with Crippen molar-refractivity contribution in [3.63, 3.8) is 0 Å². The first-order valence-electron chi connectivity index (χ1n) is 5.16. The van der Waals surface area contributed by atoms with Crippen molar-refractivity contribution >= 4 is 23.6 Å². The number of carbonyl (C=O) groups excluding carboxylic acids is 2. The minimum atomic E-state index is -0.440. The molecule has 4 N–H and O–H groups in total. The van der Waals surface area contributed by atoms with Gasteiger partial charge in [-0.25, -0.2) is 4.79 Å². The monoisotopic (exact) mass is 255 g/mol. The normalized spacial score (nSPS) is 19.8. The SMILES string of the molecule is CCOC(=O)C1=C2SCC(=O)N2C(N)=C(N)C1. The van der Waals surface area contributed by atoms with Crippen LogP contribution in [0.1, 0.15) is 13.3 Å². The number of nitrogens with two attached hydrogens (primary N) is 2. The molecule has 0 aromatic rings. The Morgan fingerprint density at radius 3 is 2.88 bits per heavy atom. The van der Waals surface area contributed by atoms with E-state index in [-0.39, 0.29) is 30.5 Å². The van der Waals surface area contributed by atoms with Gasteiger partial charge in [-0.3, -0.25) is 9.69 Å². The standard InChI is InChI=1S/C10H13N3O3S/c1-2-16-10(15)5-3-6(11)8(12)13-7(14)4-17-9(5)13/h2-4,11-12H2,1H3. The van der Waals surface area contributed by atoms with E-state index in [0.717, 1.165) is 0 Å². The van der Waals surface area contributed by atoms with Gasteiger partial charge in [-0.1, -0.05) is 11.8 Å². The maximum atomic E-state index is 11.7. The second-order valence-electron chi connectivity index (χ2n) is 3.61. The lowest BCUT2D eigenvalue weighted by Gasteiger charge is -2.26. The van der Waals surface area contributed by atoms with Crippen LogP contribution >= 0.6 is 11.8 Å². The van der Waals surface area contributed by atoms with E-state index >= 15 is 0 Å². The molecule has 17 heavy (non-hydrogen) atoms. The largest absolute Gasteiger partial charge is 0.463 e. The van der Waals surface area contributed by atoms with Crippen molar-refractivity contribution in [2.75, 3.05) is 12.4 Å². The number of hydrogen-bond acceptors (Lipinski definition) is 6. The van der Waals surface area contributed by atoms with Crippen LogP contribution in [0.2, 0.25) is 0 Å². The molecule has 0 aromatic carbocycles. The van der Waals surface area contributed by atoms with Gasteiger partial charge >= 0.3 is 5.97 Å². The fourth-order valence-electron chi connectivity index (χ4n) is 1.72. The highest BCUT2D eigenvalue weighted by molar-refractivity contribution is 8.04. The second kappa shape index (κ2) is 4.33. The zero-order chi connectivity index (χ0) is 12.6. The van der Waals surface area contributed by atoms with Gasteiger partial charge in [-0.05, 0) is 6.92 Å². The van der Waals surface area contributed by atoms with Gasteiger partial charge in [0.1, 0.15) is 5.82 Å². The van der Waals surface area contributed by atoms with Crippen molar-refractivity contribution in [3.05, 3.63) is 22.1 Å². The Morgan fingerprint density at radius 2 is 2.24 bits per heavy atom. The summed E-state index contributed by atoms with van der Waals surface area (Å²) in [5.41, 5.74) is 12.2. The van der Waals surface area contributed by atoms with E-state index in [0.29, 0.717) is 16.3 Å². The molecule has 0 radical (unpaired) electrons. The number of amides is 1. The van der Waals surface area contributed by atoms with Crippen LogP contribution in [-0.2, 0) is 14.3 Å². The molecular weight excluding hydrogens is 242 g/mol. The quantitative estimate of drug-likeness (QED) is 0.664. The molecule has 2 aliphatic rings. The summed E-state index contributed by atoms with van der Waals surface area (Å²) in [5, 5.41) is 0.556. The maximum Gasteiger partial charge on any atom is 0.337 e. The van der Waals surface area contributed by atoms with Crippen LogP contribution < -0.4 is 11.5 Å². The lowest BCUT2D eigenvalue weighted by molar-refractivity contribution is -0.138. The Morgan fingerprint density at radius 1 is 1.53 bits per heavy atom. The number of esters is 1. The number of fused-ring (bicyclic) bond motifs is 1. The molecule has 0 aromatic heterocycles. The van der Waals surface area contributed by atoms with E-state index in [2.05, 4.69) is 0 Å². The number of hydrogen-bond donors (Lipinski definition) is 2. The highest BCUT2D eigenvalue weighted by atomic mass is 32.2. The molecule has 1 saturated heterocycles. The lowest BCUT2D eigenvalue weighted by Crippen LogP contribution is -2.36. The third kappa shape index (κ3) is 1.86. The molecule has 0 atom stereocenters. The molecule has 0 unspecified atom stereocenters. The van der Waals surface area contributed by atoms with Gasteiger partial charge < -0.3 is 16.2 Å². The molecule has 0 aliphatic carbocycles. The topological polar surface area (TPSA) is 98.7 Å². The van der Waals surface area contributed by atoms with E-state index in [9.17, 15) is 9.59 Å². The van der Waals surface area contributed by atoms with Gasteiger partial charge in [0.15, 0.2) is 0 Å². The molecule has 92 valence electrons. The van der Waals surface area contributed by atoms with Gasteiger partial charge in [-0.2, -0.15) is 0 Å². The Balaban J connectivity index is 2.40. The molecule has 1 amide bonds. The molecule has 2 aliphatic heterocycles. The Labute approximate surface area is 103 Å². The van der Waals surface area contributed by atoms with Gasteiger partial charge in [0.2, 0.25) is 5.91 Å². The van der Waals surface area contributed by atoms with Crippen molar-refractivity contribution in [2.24, 2.45) is 11.5 Å².